The van der Waals surface area contributed by atoms with Gasteiger partial charge in [-0.2, -0.15) is 0 Å². The summed E-state index contributed by atoms with van der Waals surface area (Å²) in [5, 5.41) is 21.2. The van der Waals surface area contributed by atoms with Gasteiger partial charge in [-0.3, -0.25) is 9.69 Å². The predicted molar refractivity (Wildman–Crippen MR) is 76.3 cm³/mol. The molecule has 1 aromatic heterocycles. The highest BCUT2D eigenvalue weighted by molar-refractivity contribution is 7.09. The molecular formula is C14H16N2O3S. The molecule has 0 amide bonds. The summed E-state index contributed by atoms with van der Waals surface area (Å²) in [6, 6.07) is 6.22. The zero-order valence-electron chi connectivity index (χ0n) is 11.1. The van der Waals surface area contributed by atoms with Crippen LogP contribution in [0.4, 0.5) is 0 Å². The third-order valence-electron chi connectivity index (χ3n) is 3.02. The lowest BCUT2D eigenvalue weighted by molar-refractivity contribution is -0.143. The van der Waals surface area contributed by atoms with Crippen LogP contribution in [0.5, 0.6) is 0 Å². The summed E-state index contributed by atoms with van der Waals surface area (Å²) in [6.07, 6.45) is 1.71. The molecular weight excluding hydrogens is 276 g/mol. The number of rotatable bonds is 6. The maximum atomic E-state index is 11.5. The van der Waals surface area contributed by atoms with Crippen molar-refractivity contribution in [3.63, 3.8) is 0 Å². The summed E-state index contributed by atoms with van der Waals surface area (Å²) in [6.45, 7) is 0.434. The highest BCUT2D eigenvalue weighted by Crippen LogP contribution is 2.22. The second-order valence-corrected chi connectivity index (χ2v) is 5.46. The van der Waals surface area contributed by atoms with Crippen LogP contribution >= 0.6 is 11.3 Å². The number of aliphatic hydroxyl groups excluding tert-OH is 1. The Kier molecular flexibility index (Phi) is 4.84. The van der Waals surface area contributed by atoms with Crippen LogP contribution in [0.3, 0.4) is 0 Å². The molecule has 1 heterocycles. The standard InChI is InChI=1S/C14H16N2O3S/c1-16(8-12-15-6-7-20-12)13(14(18)19)11-4-2-10(9-17)3-5-11/h2-7,13,17H,8-9H2,1H3,(H,18,19)/t13-/m0/s1. The number of hydrogen-bond donors (Lipinski definition) is 2. The summed E-state index contributed by atoms with van der Waals surface area (Å²) in [7, 11) is 1.76. The molecule has 0 aliphatic carbocycles. The van der Waals surface area contributed by atoms with Gasteiger partial charge in [0, 0.05) is 11.6 Å². The molecule has 1 aromatic carbocycles. The van der Waals surface area contributed by atoms with E-state index in [1.807, 2.05) is 5.38 Å². The molecule has 0 radical (unpaired) electrons. The van der Waals surface area contributed by atoms with E-state index < -0.39 is 12.0 Å². The quantitative estimate of drug-likeness (QED) is 0.850. The van der Waals surface area contributed by atoms with Crippen LogP contribution < -0.4 is 0 Å². The lowest BCUT2D eigenvalue weighted by Gasteiger charge is -2.24. The molecule has 0 saturated carbocycles. The van der Waals surface area contributed by atoms with Gasteiger partial charge in [-0.05, 0) is 18.2 Å². The number of likely N-dealkylation sites (N-methyl/N-ethyl adjacent to an activating group) is 1. The average Bonchev–Trinajstić information content (AvgIpc) is 2.92. The Labute approximate surface area is 121 Å². The second-order valence-electron chi connectivity index (χ2n) is 4.48. The van der Waals surface area contributed by atoms with Crippen molar-refractivity contribution in [2.75, 3.05) is 7.05 Å². The highest BCUT2D eigenvalue weighted by atomic mass is 32.1. The summed E-state index contributed by atoms with van der Waals surface area (Å²) in [4.78, 5) is 17.4. The van der Waals surface area contributed by atoms with Gasteiger partial charge in [0.25, 0.3) is 0 Å². The lowest BCUT2D eigenvalue weighted by Crippen LogP contribution is -2.30. The van der Waals surface area contributed by atoms with Gasteiger partial charge in [-0.25, -0.2) is 4.98 Å². The molecule has 2 rings (SSSR count). The van der Waals surface area contributed by atoms with E-state index in [-0.39, 0.29) is 6.61 Å². The van der Waals surface area contributed by atoms with Gasteiger partial charge in [0.05, 0.1) is 13.2 Å². The van der Waals surface area contributed by atoms with Gasteiger partial charge in [0.2, 0.25) is 0 Å². The fourth-order valence-corrected chi connectivity index (χ4v) is 2.71. The first-order chi connectivity index (χ1) is 9.61. The number of carboxylic acid groups (broad SMARTS) is 1. The summed E-state index contributed by atoms with van der Waals surface area (Å²) < 4.78 is 0. The van der Waals surface area contributed by atoms with Crippen LogP contribution in [0.1, 0.15) is 22.2 Å². The summed E-state index contributed by atoms with van der Waals surface area (Å²) in [5.41, 5.74) is 1.45. The maximum Gasteiger partial charge on any atom is 0.325 e. The van der Waals surface area contributed by atoms with E-state index in [0.717, 1.165) is 10.6 Å². The average molecular weight is 292 g/mol. The van der Waals surface area contributed by atoms with Crippen LogP contribution in [0.25, 0.3) is 0 Å². The van der Waals surface area contributed by atoms with E-state index in [9.17, 15) is 9.90 Å². The van der Waals surface area contributed by atoms with Crippen molar-refractivity contribution in [1.82, 2.24) is 9.88 Å². The Bertz CT molecular complexity index is 554. The van der Waals surface area contributed by atoms with E-state index in [1.165, 1.54) is 11.3 Å². The molecule has 6 heteroatoms. The van der Waals surface area contributed by atoms with E-state index in [1.54, 1.807) is 42.4 Å². The fraction of sp³-hybridized carbons (Fsp3) is 0.286. The van der Waals surface area contributed by atoms with Crippen LogP contribution in [0.15, 0.2) is 35.8 Å². The fourth-order valence-electron chi connectivity index (χ4n) is 2.03. The molecule has 20 heavy (non-hydrogen) atoms. The molecule has 1 atom stereocenters. The van der Waals surface area contributed by atoms with Gasteiger partial charge >= 0.3 is 5.97 Å². The third-order valence-corrected chi connectivity index (χ3v) is 3.79. The van der Waals surface area contributed by atoms with Crippen molar-refractivity contribution in [2.24, 2.45) is 0 Å². The number of carbonyl (C=O) groups is 1. The third kappa shape index (κ3) is 3.41. The molecule has 0 aliphatic heterocycles. The van der Waals surface area contributed by atoms with Gasteiger partial charge < -0.3 is 10.2 Å². The molecule has 5 nitrogen and oxygen atoms in total. The van der Waals surface area contributed by atoms with Gasteiger partial charge in [0.1, 0.15) is 11.0 Å². The van der Waals surface area contributed by atoms with Gasteiger partial charge in [-0.1, -0.05) is 24.3 Å². The van der Waals surface area contributed by atoms with Crippen LogP contribution in [-0.2, 0) is 17.9 Å². The first kappa shape index (κ1) is 14.6. The molecule has 2 N–H and O–H groups in total. The molecule has 0 unspecified atom stereocenters. The van der Waals surface area contributed by atoms with Crippen molar-refractivity contribution in [2.45, 2.75) is 19.2 Å². The minimum atomic E-state index is -0.902. The normalized spacial score (nSPS) is 12.6. The lowest BCUT2D eigenvalue weighted by atomic mass is 10.0. The molecule has 0 saturated heterocycles. The van der Waals surface area contributed by atoms with Crippen molar-refractivity contribution < 1.29 is 15.0 Å². The number of carboxylic acids is 1. The first-order valence-electron chi connectivity index (χ1n) is 6.13. The zero-order valence-corrected chi connectivity index (χ0v) is 11.9. The largest absolute Gasteiger partial charge is 0.480 e. The Hall–Kier alpha value is -1.76. The van der Waals surface area contributed by atoms with Crippen LogP contribution in [0.2, 0.25) is 0 Å². The van der Waals surface area contributed by atoms with Crippen molar-refractivity contribution in [1.29, 1.82) is 0 Å². The molecule has 0 bridgehead atoms. The number of benzene rings is 1. The van der Waals surface area contributed by atoms with E-state index in [4.69, 9.17) is 5.11 Å². The topological polar surface area (TPSA) is 73.7 Å². The molecule has 0 spiro atoms. The van der Waals surface area contributed by atoms with Crippen molar-refractivity contribution >= 4 is 17.3 Å². The highest BCUT2D eigenvalue weighted by Gasteiger charge is 2.25. The smallest absolute Gasteiger partial charge is 0.325 e. The summed E-state index contributed by atoms with van der Waals surface area (Å²) >= 11 is 1.50. The van der Waals surface area contributed by atoms with Crippen molar-refractivity contribution in [3.8, 4) is 0 Å². The van der Waals surface area contributed by atoms with E-state index in [0.29, 0.717) is 12.1 Å². The number of aliphatic hydroxyl groups is 1. The van der Waals surface area contributed by atoms with Crippen LogP contribution in [-0.4, -0.2) is 33.1 Å². The number of nitrogens with zero attached hydrogens (tertiary/aromatic N) is 2. The predicted octanol–water partition coefficient (Wildman–Crippen LogP) is 1.89. The first-order valence-corrected chi connectivity index (χ1v) is 7.01. The Morgan fingerprint density at radius 2 is 2.10 bits per heavy atom. The SMILES string of the molecule is CN(Cc1nccs1)[C@H](C(=O)O)c1ccc(CO)cc1. The Morgan fingerprint density at radius 1 is 1.40 bits per heavy atom. The Morgan fingerprint density at radius 3 is 2.60 bits per heavy atom. The van der Waals surface area contributed by atoms with Gasteiger partial charge in [-0.15, -0.1) is 11.3 Å². The molecule has 2 aromatic rings. The monoisotopic (exact) mass is 292 g/mol. The molecule has 0 aliphatic rings. The second kappa shape index (κ2) is 6.60. The maximum absolute atomic E-state index is 11.5. The van der Waals surface area contributed by atoms with E-state index in [2.05, 4.69) is 4.98 Å². The zero-order chi connectivity index (χ0) is 14.5. The minimum absolute atomic E-state index is 0.0486. The van der Waals surface area contributed by atoms with Crippen molar-refractivity contribution in [3.05, 3.63) is 52.0 Å². The molecule has 0 fully saturated rings. The number of aliphatic carboxylic acids is 1. The van der Waals surface area contributed by atoms with E-state index >= 15 is 0 Å². The minimum Gasteiger partial charge on any atom is -0.480 e. The van der Waals surface area contributed by atoms with Crippen LogP contribution in [0, 0.1) is 0 Å². The number of aromatic nitrogens is 1. The summed E-state index contributed by atoms with van der Waals surface area (Å²) in [5.74, 6) is -0.902. The van der Waals surface area contributed by atoms with Gasteiger partial charge in [0.15, 0.2) is 0 Å². The molecule has 106 valence electrons. The number of thiazole rings is 1. The Balaban J connectivity index is 2.19. The number of hydrogen-bond acceptors (Lipinski definition) is 5.